The van der Waals surface area contributed by atoms with Crippen molar-refractivity contribution in [3.05, 3.63) is 24.3 Å². The molecule has 2 unspecified atom stereocenters. The molecule has 2 heterocycles. The van der Waals surface area contributed by atoms with Crippen molar-refractivity contribution in [2.45, 2.75) is 32.2 Å². The van der Waals surface area contributed by atoms with E-state index >= 15 is 0 Å². The molecule has 0 bridgehead atoms. The van der Waals surface area contributed by atoms with Gasteiger partial charge in [-0.2, -0.15) is 0 Å². The second-order valence-electron chi connectivity index (χ2n) is 5.74. The van der Waals surface area contributed by atoms with E-state index in [1.165, 1.54) is 11.0 Å². The Kier molecular flexibility index (Phi) is 5.03. The van der Waals surface area contributed by atoms with Crippen molar-refractivity contribution in [2.75, 3.05) is 29.6 Å². The van der Waals surface area contributed by atoms with E-state index in [2.05, 4.69) is 5.32 Å². The van der Waals surface area contributed by atoms with Gasteiger partial charge in [0, 0.05) is 17.8 Å². The van der Waals surface area contributed by atoms with E-state index in [4.69, 9.17) is 9.47 Å². The monoisotopic (exact) mass is 355 g/mol. The molecule has 1 aromatic rings. The van der Waals surface area contributed by atoms with Gasteiger partial charge in [-0.1, -0.05) is 13.0 Å². The van der Waals surface area contributed by atoms with E-state index < -0.39 is 24.9 Å². The molecule has 0 aromatic heterocycles. The van der Waals surface area contributed by atoms with Gasteiger partial charge in [0.05, 0.1) is 19.8 Å². The molecular formula is C16H19F2N3O4. The van der Waals surface area contributed by atoms with Crippen LogP contribution in [0.25, 0.3) is 0 Å². The van der Waals surface area contributed by atoms with Crippen LogP contribution in [0, 0.1) is 0 Å². The number of cyclic esters (lactones) is 1. The van der Waals surface area contributed by atoms with Gasteiger partial charge in [-0.05, 0) is 18.2 Å². The van der Waals surface area contributed by atoms with Gasteiger partial charge < -0.3 is 19.7 Å². The van der Waals surface area contributed by atoms with Gasteiger partial charge in [0.2, 0.25) is 5.91 Å². The van der Waals surface area contributed by atoms with E-state index in [0.29, 0.717) is 11.4 Å². The molecule has 2 saturated heterocycles. The molecule has 0 radical (unpaired) electrons. The van der Waals surface area contributed by atoms with Gasteiger partial charge in [0.25, 0.3) is 0 Å². The highest BCUT2D eigenvalue weighted by molar-refractivity contribution is 5.91. The number of nitrogens with one attached hydrogen (secondary N) is 1. The predicted octanol–water partition coefficient (Wildman–Crippen LogP) is 1.92. The molecule has 136 valence electrons. The Bertz CT molecular complexity index is 650. The summed E-state index contributed by atoms with van der Waals surface area (Å²) < 4.78 is 38.0. The zero-order valence-electron chi connectivity index (χ0n) is 13.7. The Hall–Kier alpha value is -2.42. The second-order valence-corrected chi connectivity index (χ2v) is 5.74. The molecule has 0 spiro atoms. The molecule has 3 rings (SSSR count). The van der Waals surface area contributed by atoms with Gasteiger partial charge in [-0.25, -0.2) is 13.6 Å². The molecule has 9 heteroatoms. The first-order chi connectivity index (χ1) is 12.0. The average Bonchev–Trinajstić information content (AvgIpc) is 2.95. The molecule has 3 atom stereocenters. The lowest BCUT2D eigenvalue weighted by molar-refractivity contribution is -0.123. The fourth-order valence-corrected chi connectivity index (χ4v) is 2.77. The van der Waals surface area contributed by atoms with Crippen LogP contribution in [0.2, 0.25) is 0 Å². The van der Waals surface area contributed by atoms with E-state index in [1.807, 2.05) is 0 Å². The number of hydrogen-bond donors (Lipinski definition) is 1. The Morgan fingerprint density at radius 1 is 1.28 bits per heavy atom. The Morgan fingerprint density at radius 2 is 1.96 bits per heavy atom. The van der Waals surface area contributed by atoms with E-state index in [1.54, 1.807) is 25.1 Å². The SMILES string of the molecule is CCC(=O)N[C@@H]1CN(c2cccc(N3C(F)COCC3F)c2)C(=O)O1. The molecule has 25 heavy (non-hydrogen) atoms. The quantitative estimate of drug-likeness (QED) is 0.836. The van der Waals surface area contributed by atoms with Crippen LogP contribution in [-0.4, -0.2) is 50.6 Å². The lowest BCUT2D eigenvalue weighted by atomic mass is 10.2. The largest absolute Gasteiger partial charge is 0.423 e. The van der Waals surface area contributed by atoms with Crippen molar-refractivity contribution in [1.82, 2.24) is 5.32 Å². The van der Waals surface area contributed by atoms with Gasteiger partial charge in [0.1, 0.15) is 0 Å². The maximum Gasteiger partial charge on any atom is 0.416 e. The zero-order valence-corrected chi connectivity index (χ0v) is 13.7. The number of amides is 2. The first-order valence-corrected chi connectivity index (χ1v) is 8.01. The fraction of sp³-hybridized carbons (Fsp3) is 0.500. The molecule has 1 N–H and O–H groups in total. The van der Waals surface area contributed by atoms with Crippen LogP contribution in [0.3, 0.4) is 0 Å². The van der Waals surface area contributed by atoms with Gasteiger partial charge in [0.15, 0.2) is 18.8 Å². The standard InChI is InChI=1S/C16H19F2N3O4/c1-2-14(22)19-15-7-20(16(23)25-15)10-4-3-5-11(6-10)21-12(17)8-24-9-13(21)18/h3-6,12-13,15H,2,7-9H2,1H3,(H,19,22)/t12?,13?,15-/m0/s1. The number of hydrogen-bond acceptors (Lipinski definition) is 5. The maximum absolute atomic E-state index is 14.0. The van der Waals surface area contributed by atoms with Crippen molar-refractivity contribution < 1.29 is 27.8 Å². The van der Waals surface area contributed by atoms with Gasteiger partial charge in [-0.3, -0.25) is 9.69 Å². The summed E-state index contributed by atoms with van der Waals surface area (Å²) in [4.78, 5) is 25.8. The molecular weight excluding hydrogens is 336 g/mol. The highest BCUT2D eigenvalue weighted by Crippen LogP contribution is 2.30. The van der Waals surface area contributed by atoms with Crippen molar-refractivity contribution in [3.63, 3.8) is 0 Å². The number of alkyl halides is 2. The first-order valence-electron chi connectivity index (χ1n) is 8.01. The van der Waals surface area contributed by atoms with Gasteiger partial charge in [-0.15, -0.1) is 0 Å². The minimum absolute atomic E-state index is 0.120. The number of anilines is 2. The van der Waals surface area contributed by atoms with Crippen LogP contribution in [-0.2, 0) is 14.3 Å². The number of benzene rings is 1. The first kappa shape index (κ1) is 17.4. The number of morpholine rings is 1. The number of halogens is 2. The van der Waals surface area contributed by atoms with E-state index in [-0.39, 0.29) is 32.1 Å². The molecule has 0 saturated carbocycles. The van der Waals surface area contributed by atoms with Crippen molar-refractivity contribution in [1.29, 1.82) is 0 Å². The van der Waals surface area contributed by atoms with E-state index in [0.717, 1.165) is 4.90 Å². The summed E-state index contributed by atoms with van der Waals surface area (Å²) >= 11 is 0. The molecule has 2 amide bonds. The highest BCUT2D eigenvalue weighted by Gasteiger charge is 2.35. The van der Waals surface area contributed by atoms with Crippen molar-refractivity contribution >= 4 is 23.4 Å². The predicted molar refractivity (Wildman–Crippen MR) is 85.6 cm³/mol. The molecule has 7 nitrogen and oxygen atoms in total. The maximum atomic E-state index is 14.0. The summed E-state index contributed by atoms with van der Waals surface area (Å²) in [7, 11) is 0. The number of ether oxygens (including phenoxy) is 2. The number of nitrogens with zero attached hydrogens (tertiary/aromatic N) is 2. The third-order valence-corrected chi connectivity index (χ3v) is 4.01. The summed E-state index contributed by atoms with van der Waals surface area (Å²) in [5, 5.41) is 2.58. The lowest BCUT2D eigenvalue weighted by Crippen LogP contribution is -2.48. The van der Waals surface area contributed by atoms with Crippen LogP contribution >= 0.6 is 0 Å². The Labute approximate surface area is 143 Å². The van der Waals surface area contributed by atoms with Crippen LogP contribution < -0.4 is 15.1 Å². The molecule has 2 fully saturated rings. The number of carbonyl (C=O) groups excluding carboxylic acids is 2. The van der Waals surface area contributed by atoms with Crippen molar-refractivity contribution in [2.24, 2.45) is 0 Å². The third kappa shape index (κ3) is 3.65. The zero-order chi connectivity index (χ0) is 18.0. The lowest BCUT2D eigenvalue weighted by Gasteiger charge is -2.35. The Balaban J connectivity index is 1.77. The van der Waals surface area contributed by atoms with Crippen LogP contribution in [0.4, 0.5) is 25.0 Å². The third-order valence-electron chi connectivity index (χ3n) is 4.01. The summed E-state index contributed by atoms with van der Waals surface area (Å²) in [6.07, 6.45) is -4.33. The molecule has 2 aliphatic heterocycles. The topological polar surface area (TPSA) is 71.1 Å². The van der Waals surface area contributed by atoms with E-state index in [9.17, 15) is 18.4 Å². The summed E-state index contributed by atoms with van der Waals surface area (Å²) in [5.41, 5.74) is 0.733. The molecule has 0 aliphatic carbocycles. The van der Waals surface area contributed by atoms with Gasteiger partial charge >= 0.3 is 6.09 Å². The minimum atomic E-state index is -1.61. The van der Waals surface area contributed by atoms with Crippen LogP contribution in [0.15, 0.2) is 24.3 Å². The number of carbonyl (C=O) groups is 2. The summed E-state index contributed by atoms with van der Waals surface area (Å²) in [6.45, 7) is 1.37. The normalized spacial score (nSPS) is 26.5. The number of rotatable bonds is 4. The second kappa shape index (κ2) is 7.22. The minimum Gasteiger partial charge on any atom is -0.423 e. The molecule has 1 aromatic carbocycles. The molecule has 2 aliphatic rings. The Morgan fingerprint density at radius 3 is 2.64 bits per heavy atom. The van der Waals surface area contributed by atoms with Crippen LogP contribution in [0.1, 0.15) is 13.3 Å². The summed E-state index contributed by atoms with van der Waals surface area (Å²) in [5.74, 6) is -0.234. The van der Waals surface area contributed by atoms with Crippen molar-refractivity contribution in [3.8, 4) is 0 Å². The average molecular weight is 355 g/mol. The highest BCUT2D eigenvalue weighted by atomic mass is 19.2. The fourth-order valence-electron chi connectivity index (χ4n) is 2.77. The summed E-state index contributed by atoms with van der Waals surface area (Å²) in [6, 6.07) is 6.31. The smallest absolute Gasteiger partial charge is 0.416 e. The van der Waals surface area contributed by atoms with Crippen LogP contribution in [0.5, 0.6) is 0 Å².